The Bertz CT molecular complexity index is 665. The Morgan fingerprint density at radius 3 is 2.85 bits per heavy atom. The lowest BCUT2D eigenvalue weighted by Crippen LogP contribution is -3.35. The van der Waals surface area contributed by atoms with Crippen molar-refractivity contribution < 1.29 is 30.2 Å². The number of fused-ring (bicyclic) bond motifs is 1. The third kappa shape index (κ3) is 2.29. The highest BCUT2D eigenvalue weighted by atomic mass is 17.0. The molecule has 6 N–H and O–H groups in total. The fraction of sp³-hybridized carbons (Fsp3) is 0.812. The van der Waals surface area contributed by atoms with Gasteiger partial charge in [-0.05, 0) is 20.1 Å². The van der Waals surface area contributed by atoms with Crippen LogP contribution in [0.4, 0.5) is 0 Å². The average molecular weight is 385 g/mol. The van der Waals surface area contributed by atoms with Crippen LogP contribution in [0, 0.1) is 21.2 Å². The molecule has 11 heteroatoms. The molecule has 5 unspecified atom stereocenters. The number of aliphatic imine (C=N–C) groups is 1. The van der Waals surface area contributed by atoms with Crippen molar-refractivity contribution in [3.05, 3.63) is 22.1 Å². The van der Waals surface area contributed by atoms with Crippen molar-refractivity contribution in [1.82, 2.24) is 5.53 Å². The third-order valence-electron chi connectivity index (χ3n) is 7.41. The number of nitrogens with two attached hydrogens (primary N) is 1. The van der Waals surface area contributed by atoms with Crippen molar-refractivity contribution in [3.8, 4) is 0 Å². The van der Waals surface area contributed by atoms with E-state index in [1.165, 1.54) is 0 Å². The Labute approximate surface area is 156 Å². The summed E-state index contributed by atoms with van der Waals surface area (Å²) in [4.78, 5) is 15.3. The lowest BCUT2D eigenvalue weighted by atomic mass is 9.48. The number of rotatable bonds is 2. The molecule has 11 nitrogen and oxygen atoms in total. The van der Waals surface area contributed by atoms with Gasteiger partial charge in [0.1, 0.15) is 18.2 Å². The summed E-state index contributed by atoms with van der Waals surface area (Å²) >= 11 is 0. The average Bonchev–Trinajstić information content (AvgIpc) is 2.80. The van der Waals surface area contributed by atoms with E-state index >= 15 is 0 Å². The van der Waals surface area contributed by atoms with E-state index in [0.29, 0.717) is 12.8 Å². The molecule has 4 rings (SSSR count). The fourth-order valence-corrected chi connectivity index (χ4v) is 5.72. The maximum atomic E-state index is 12.2. The molecule has 0 aromatic heterocycles. The van der Waals surface area contributed by atoms with E-state index in [1.54, 1.807) is 0 Å². The molecule has 2 saturated heterocycles. The Kier molecular flexibility index (Phi) is 4.48. The van der Waals surface area contributed by atoms with Gasteiger partial charge in [-0.2, -0.15) is 9.68 Å². The SMILES string of the molecule is C=N[C@@]1(CO)C2C[C@H]3O[NH+]([O-])N[NH+]([O-])OCC4(C[C@H](N)C(C)=CC4O2)[C@@]31C. The molecular weight excluding hydrogens is 358 g/mol. The summed E-state index contributed by atoms with van der Waals surface area (Å²) in [6.07, 6.45) is 1.16. The summed E-state index contributed by atoms with van der Waals surface area (Å²) in [7, 11) is 0. The number of hydrogen-bond acceptors (Lipinski definition) is 9. The minimum absolute atomic E-state index is 0.0470. The van der Waals surface area contributed by atoms with E-state index < -0.39 is 45.4 Å². The summed E-state index contributed by atoms with van der Waals surface area (Å²) in [5.74, 6) is 0. The van der Waals surface area contributed by atoms with E-state index in [2.05, 4.69) is 17.2 Å². The van der Waals surface area contributed by atoms with E-state index in [1.807, 2.05) is 19.9 Å². The number of ether oxygens (including phenoxy) is 1. The van der Waals surface area contributed by atoms with E-state index in [-0.39, 0.29) is 19.3 Å². The quantitative estimate of drug-likeness (QED) is 0.188. The minimum atomic E-state index is -1.11. The van der Waals surface area contributed by atoms with Gasteiger partial charge in [0.2, 0.25) is 0 Å². The lowest BCUT2D eigenvalue weighted by Gasteiger charge is -2.62. The molecule has 1 saturated carbocycles. The molecule has 0 aromatic carbocycles. The van der Waals surface area contributed by atoms with Crippen molar-refractivity contribution in [1.29, 1.82) is 0 Å². The Hall–Kier alpha value is -0.990. The van der Waals surface area contributed by atoms with Gasteiger partial charge in [0, 0.05) is 23.3 Å². The molecule has 0 radical (unpaired) electrons. The molecule has 0 amide bonds. The zero-order chi connectivity index (χ0) is 19.6. The van der Waals surface area contributed by atoms with Crippen molar-refractivity contribution >= 4 is 6.72 Å². The van der Waals surface area contributed by atoms with E-state index in [9.17, 15) is 15.5 Å². The summed E-state index contributed by atoms with van der Waals surface area (Å²) < 4.78 is 6.36. The molecule has 152 valence electrons. The first-order chi connectivity index (χ1) is 12.7. The number of hydrogen-bond donors (Lipinski definition) is 5. The van der Waals surface area contributed by atoms with E-state index in [4.69, 9.17) is 20.1 Å². The third-order valence-corrected chi connectivity index (χ3v) is 7.41. The predicted molar refractivity (Wildman–Crippen MR) is 92.2 cm³/mol. The monoisotopic (exact) mass is 385 g/mol. The standard InChI is InChI=1S/C16H27N5O6/c1-9-4-12-15(6-10(9)17)8-25-20(23)19-21(24)27-11-5-13(26-12)16(7-22,18-3)14(11,15)2/h4,10-13,19-22H,3,5-8,17H2,1-2H3/t10-,11+,12?,13?,14+,15?,16-/m0/s1. The summed E-state index contributed by atoms with van der Waals surface area (Å²) in [6.45, 7) is 7.18. The van der Waals surface area contributed by atoms with Crippen molar-refractivity contribution in [3.63, 3.8) is 0 Å². The molecule has 9 atom stereocenters. The Morgan fingerprint density at radius 1 is 1.44 bits per heavy atom. The van der Waals surface area contributed by atoms with Crippen LogP contribution in [0.3, 0.4) is 0 Å². The van der Waals surface area contributed by atoms with Gasteiger partial charge in [0.15, 0.2) is 0 Å². The molecule has 2 bridgehead atoms. The molecule has 1 spiro atoms. The molecule has 2 heterocycles. The van der Waals surface area contributed by atoms with Crippen LogP contribution in [0.2, 0.25) is 0 Å². The van der Waals surface area contributed by atoms with Gasteiger partial charge in [-0.1, -0.05) is 29.2 Å². The summed E-state index contributed by atoms with van der Waals surface area (Å²) in [6, 6.07) is -0.288. The van der Waals surface area contributed by atoms with Crippen LogP contribution in [0.1, 0.15) is 26.7 Å². The molecule has 3 fully saturated rings. The summed E-state index contributed by atoms with van der Waals surface area (Å²) in [5, 5.41) is 32.8. The molecule has 2 aliphatic carbocycles. The first-order valence-corrected chi connectivity index (χ1v) is 9.06. The first-order valence-electron chi connectivity index (χ1n) is 9.06. The Balaban J connectivity index is 1.94. The maximum Gasteiger partial charge on any atom is 0.131 e. The van der Waals surface area contributed by atoms with Crippen molar-refractivity contribution in [2.75, 3.05) is 13.2 Å². The van der Waals surface area contributed by atoms with Crippen molar-refractivity contribution in [2.45, 2.75) is 56.6 Å². The number of aliphatic hydroxyl groups is 1. The molecule has 2 aliphatic heterocycles. The van der Waals surface area contributed by atoms with Crippen LogP contribution in [0.25, 0.3) is 0 Å². The molecule has 0 aromatic rings. The smallest absolute Gasteiger partial charge is 0.131 e. The van der Waals surface area contributed by atoms with Gasteiger partial charge in [0.25, 0.3) is 0 Å². The second-order valence-corrected chi connectivity index (χ2v) is 8.20. The number of nitrogens with one attached hydrogen (secondary N) is 3. The highest BCUT2D eigenvalue weighted by Crippen LogP contribution is 2.67. The highest BCUT2D eigenvalue weighted by molar-refractivity contribution is 5.37. The van der Waals surface area contributed by atoms with Gasteiger partial charge < -0.3 is 26.0 Å². The van der Waals surface area contributed by atoms with Gasteiger partial charge >= 0.3 is 0 Å². The maximum absolute atomic E-state index is 12.2. The van der Waals surface area contributed by atoms with Crippen LogP contribution < -0.4 is 21.9 Å². The van der Waals surface area contributed by atoms with Crippen molar-refractivity contribution in [2.24, 2.45) is 21.6 Å². The summed E-state index contributed by atoms with van der Waals surface area (Å²) in [5.41, 5.74) is 6.57. The van der Waals surface area contributed by atoms with Gasteiger partial charge in [-0.15, -0.1) is 0 Å². The minimum Gasteiger partial charge on any atom is -0.576 e. The zero-order valence-electron chi connectivity index (χ0n) is 15.4. The predicted octanol–water partition coefficient (Wildman–Crippen LogP) is -3.31. The van der Waals surface area contributed by atoms with Gasteiger partial charge in [-0.25, -0.2) is 0 Å². The molecular formula is C16H27N5O6. The molecule has 27 heavy (non-hydrogen) atoms. The topological polar surface area (TPSA) is 153 Å². The van der Waals surface area contributed by atoms with Crippen LogP contribution in [-0.4, -0.2) is 54.9 Å². The fourth-order valence-electron chi connectivity index (χ4n) is 5.72. The number of quaternary nitrogens is 2. The number of aliphatic hydroxyl groups excluding tert-OH is 1. The number of nitrogens with zero attached hydrogens (tertiary/aromatic N) is 1. The normalized spacial score (nSPS) is 55.0. The largest absolute Gasteiger partial charge is 0.576 e. The van der Waals surface area contributed by atoms with Crippen LogP contribution in [0.5, 0.6) is 0 Å². The second kappa shape index (κ2) is 6.26. The first kappa shape index (κ1) is 19.3. The van der Waals surface area contributed by atoms with Crippen LogP contribution in [0.15, 0.2) is 16.6 Å². The van der Waals surface area contributed by atoms with Gasteiger partial charge in [0.05, 0.1) is 24.3 Å². The van der Waals surface area contributed by atoms with E-state index in [0.717, 1.165) is 5.57 Å². The van der Waals surface area contributed by atoms with Crippen LogP contribution in [-0.2, 0) is 14.4 Å². The molecule has 4 aliphatic rings. The zero-order valence-corrected chi connectivity index (χ0v) is 15.4. The Morgan fingerprint density at radius 2 is 2.19 bits per heavy atom. The lowest BCUT2D eigenvalue weighted by molar-refractivity contribution is -1.27. The van der Waals surface area contributed by atoms with Crippen LogP contribution >= 0.6 is 0 Å². The van der Waals surface area contributed by atoms with Gasteiger partial charge in [-0.3, -0.25) is 4.99 Å². The second-order valence-electron chi connectivity index (χ2n) is 8.20. The highest BCUT2D eigenvalue weighted by Gasteiger charge is 2.78.